The van der Waals surface area contributed by atoms with Crippen molar-refractivity contribution in [1.29, 1.82) is 0 Å². The van der Waals surface area contributed by atoms with Crippen LogP contribution in [0.3, 0.4) is 0 Å². The van der Waals surface area contributed by atoms with Gasteiger partial charge in [-0.05, 0) is 69.4 Å². The lowest BCUT2D eigenvalue weighted by molar-refractivity contribution is -0.193. The lowest BCUT2D eigenvalue weighted by atomic mass is 9.71. The van der Waals surface area contributed by atoms with Crippen LogP contribution in [0, 0.1) is 5.41 Å². The van der Waals surface area contributed by atoms with Crippen LogP contribution in [0.5, 0.6) is 0 Å². The number of likely N-dealkylation sites (tertiary alicyclic amines) is 2. The number of nitrogens with zero attached hydrogens (tertiary/aromatic N) is 3. The minimum absolute atomic E-state index is 0.615. The maximum absolute atomic E-state index is 10.6. The van der Waals surface area contributed by atoms with Crippen LogP contribution in [0.15, 0.2) is 24.4 Å². The first kappa shape index (κ1) is 31.6. The van der Waals surface area contributed by atoms with Gasteiger partial charge in [-0.2, -0.15) is 26.3 Å². The third kappa shape index (κ3) is 12.0. The van der Waals surface area contributed by atoms with Crippen molar-refractivity contribution in [1.82, 2.24) is 14.8 Å². The molecule has 14 heteroatoms. The van der Waals surface area contributed by atoms with Crippen molar-refractivity contribution >= 4 is 11.9 Å². The number of pyridine rings is 1. The van der Waals surface area contributed by atoms with Crippen LogP contribution in [0.4, 0.5) is 26.3 Å². The van der Waals surface area contributed by atoms with Gasteiger partial charge < -0.3 is 19.8 Å². The predicted octanol–water partition coefficient (Wildman–Crippen LogP) is 3.67. The quantitative estimate of drug-likeness (QED) is 0.555. The average Bonchev–Trinajstić information content (AvgIpc) is 2.81. The smallest absolute Gasteiger partial charge is 0.475 e. The number of ether oxygens (including phenoxy) is 1. The summed E-state index contributed by atoms with van der Waals surface area (Å²) in [4.78, 5) is 27.4. The van der Waals surface area contributed by atoms with E-state index in [-0.39, 0.29) is 0 Å². The SMILES string of the molecule is COCCN1CCC2(CC1)CCN(Cc1ccccn1)CC2.O=C(O)C(F)(F)F.O=C(O)C(F)(F)F. The lowest BCUT2D eigenvalue weighted by Crippen LogP contribution is -2.47. The summed E-state index contributed by atoms with van der Waals surface area (Å²) in [7, 11) is 1.79. The van der Waals surface area contributed by atoms with Gasteiger partial charge in [-0.15, -0.1) is 0 Å². The van der Waals surface area contributed by atoms with Crippen LogP contribution in [0.2, 0.25) is 0 Å². The number of halogens is 6. The van der Waals surface area contributed by atoms with Gasteiger partial charge in [0, 0.05) is 26.4 Å². The molecule has 2 N–H and O–H groups in total. The van der Waals surface area contributed by atoms with E-state index in [1.807, 2.05) is 12.3 Å². The highest BCUT2D eigenvalue weighted by atomic mass is 19.4. The first-order valence-corrected chi connectivity index (χ1v) is 11.1. The molecule has 0 aliphatic carbocycles. The summed E-state index contributed by atoms with van der Waals surface area (Å²) in [5.41, 5.74) is 1.82. The molecule has 1 aromatic heterocycles. The van der Waals surface area contributed by atoms with Crippen molar-refractivity contribution < 1.29 is 50.9 Å². The number of rotatable bonds is 5. The predicted molar refractivity (Wildman–Crippen MR) is 116 cm³/mol. The molecule has 8 nitrogen and oxygen atoms in total. The third-order valence-corrected chi connectivity index (χ3v) is 6.04. The van der Waals surface area contributed by atoms with Crippen molar-refractivity contribution in [2.75, 3.05) is 46.4 Å². The molecule has 0 atom stereocenters. The summed E-state index contributed by atoms with van der Waals surface area (Å²) in [5, 5.41) is 14.2. The van der Waals surface area contributed by atoms with Crippen molar-refractivity contribution in [2.45, 2.75) is 44.6 Å². The molecular formula is C22H31F6N3O5. The zero-order valence-corrected chi connectivity index (χ0v) is 19.8. The Hall–Kier alpha value is -2.45. The maximum Gasteiger partial charge on any atom is 0.490 e. The van der Waals surface area contributed by atoms with E-state index in [2.05, 4.69) is 26.9 Å². The van der Waals surface area contributed by atoms with Crippen LogP contribution >= 0.6 is 0 Å². The second-order valence-electron chi connectivity index (χ2n) is 8.54. The molecule has 1 aromatic rings. The van der Waals surface area contributed by atoms with Crippen molar-refractivity contribution in [3.8, 4) is 0 Å². The molecule has 2 aliphatic rings. The minimum atomic E-state index is -5.08. The molecular weight excluding hydrogens is 500 g/mol. The van der Waals surface area contributed by atoms with E-state index in [0.29, 0.717) is 5.41 Å². The molecule has 2 saturated heterocycles. The molecule has 1 spiro atoms. The van der Waals surface area contributed by atoms with Gasteiger partial charge in [0.25, 0.3) is 0 Å². The van der Waals surface area contributed by atoms with E-state index in [9.17, 15) is 26.3 Å². The van der Waals surface area contributed by atoms with Gasteiger partial charge in [0.05, 0.1) is 12.3 Å². The van der Waals surface area contributed by atoms with Crippen LogP contribution in [-0.4, -0.2) is 95.7 Å². The summed E-state index contributed by atoms with van der Waals surface area (Å²) >= 11 is 0. The van der Waals surface area contributed by atoms with Crippen LogP contribution in [0.25, 0.3) is 0 Å². The van der Waals surface area contributed by atoms with Crippen molar-refractivity contribution in [3.05, 3.63) is 30.1 Å². The fourth-order valence-corrected chi connectivity index (χ4v) is 3.88. The van der Waals surface area contributed by atoms with Crippen LogP contribution < -0.4 is 0 Å². The Morgan fingerprint density at radius 3 is 1.72 bits per heavy atom. The van der Waals surface area contributed by atoms with Crippen molar-refractivity contribution in [2.24, 2.45) is 5.41 Å². The molecule has 0 aromatic carbocycles. The average molecular weight is 531 g/mol. The zero-order valence-electron chi connectivity index (χ0n) is 19.8. The molecule has 2 aliphatic heterocycles. The van der Waals surface area contributed by atoms with Crippen molar-refractivity contribution in [3.63, 3.8) is 0 Å². The van der Waals surface area contributed by atoms with Gasteiger partial charge >= 0.3 is 24.3 Å². The number of alkyl halides is 6. The molecule has 3 heterocycles. The molecule has 2 fully saturated rings. The summed E-state index contributed by atoms with van der Waals surface area (Å²) in [5.74, 6) is -5.51. The minimum Gasteiger partial charge on any atom is -0.475 e. The summed E-state index contributed by atoms with van der Waals surface area (Å²) in [6.45, 7) is 7.94. The topological polar surface area (TPSA) is 103 Å². The van der Waals surface area contributed by atoms with E-state index in [1.165, 1.54) is 57.6 Å². The molecule has 206 valence electrons. The molecule has 0 radical (unpaired) electrons. The second-order valence-corrected chi connectivity index (χ2v) is 8.54. The van der Waals surface area contributed by atoms with Gasteiger partial charge in [0.1, 0.15) is 0 Å². The summed E-state index contributed by atoms with van der Waals surface area (Å²) < 4.78 is 68.7. The monoisotopic (exact) mass is 531 g/mol. The van der Waals surface area contributed by atoms with Gasteiger partial charge in [-0.1, -0.05) is 6.07 Å². The van der Waals surface area contributed by atoms with Crippen LogP contribution in [-0.2, 0) is 20.9 Å². The highest BCUT2D eigenvalue weighted by Gasteiger charge is 2.39. The van der Waals surface area contributed by atoms with E-state index in [0.717, 1.165) is 19.7 Å². The largest absolute Gasteiger partial charge is 0.490 e. The Morgan fingerprint density at radius 1 is 0.917 bits per heavy atom. The molecule has 0 saturated carbocycles. The molecule has 3 rings (SSSR count). The standard InChI is InChI=1S/C18H29N3O.2C2HF3O2/c1-22-15-14-20-10-5-18(6-11-20)7-12-21(13-8-18)16-17-4-2-3-9-19-17;2*3-2(4,5)1(6)7/h2-4,9H,5-8,10-16H2,1H3;2*(H,6,7). The Labute approximate surface area is 204 Å². The maximum atomic E-state index is 10.6. The lowest BCUT2D eigenvalue weighted by Gasteiger charge is -2.47. The first-order valence-electron chi connectivity index (χ1n) is 11.1. The number of carbonyl (C=O) groups is 2. The molecule has 0 amide bonds. The number of aliphatic carboxylic acids is 2. The summed E-state index contributed by atoms with van der Waals surface area (Å²) in [6, 6.07) is 6.22. The number of methoxy groups -OCH3 is 1. The van der Waals surface area contributed by atoms with Gasteiger partial charge in [-0.3, -0.25) is 9.88 Å². The van der Waals surface area contributed by atoms with E-state index in [1.54, 1.807) is 7.11 Å². The number of hydrogen-bond donors (Lipinski definition) is 2. The highest BCUT2D eigenvalue weighted by molar-refractivity contribution is 5.73. The fourth-order valence-electron chi connectivity index (χ4n) is 3.88. The molecule has 0 bridgehead atoms. The first-order chi connectivity index (χ1) is 16.7. The molecule has 36 heavy (non-hydrogen) atoms. The summed E-state index contributed by atoms with van der Waals surface area (Å²) in [6.07, 6.45) is -2.81. The van der Waals surface area contributed by atoms with E-state index >= 15 is 0 Å². The number of hydrogen-bond acceptors (Lipinski definition) is 6. The second kappa shape index (κ2) is 14.3. The number of carboxylic acids is 2. The Morgan fingerprint density at radius 2 is 1.36 bits per heavy atom. The normalized spacial score (nSPS) is 18.4. The third-order valence-electron chi connectivity index (χ3n) is 6.04. The number of carboxylic acid groups (broad SMARTS) is 2. The van der Waals surface area contributed by atoms with Gasteiger partial charge in [-0.25, -0.2) is 9.59 Å². The number of piperidine rings is 2. The van der Waals surface area contributed by atoms with Crippen LogP contribution in [0.1, 0.15) is 31.4 Å². The highest BCUT2D eigenvalue weighted by Crippen LogP contribution is 2.41. The Bertz CT molecular complexity index is 766. The van der Waals surface area contributed by atoms with E-state index < -0.39 is 24.3 Å². The Kier molecular flexibility index (Phi) is 12.6. The van der Waals surface area contributed by atoms with Gasteiger partial charge in [0.15, 0.2) is 0 Å². The van der Waals surface area contributed by atoms with Gasteiger partial charge in [0.2, 0.25) is 0 Å². The fraction of sp³-hybridized carbons (Fsp3) is 0.682. The van der Waals surface area contributed by atoms with E-state index in [4.69, 9.17) is 24.5 Å². The zero-order chi connectivity index (χ0) is 27.4. The molecule has 0 unspecified atom stereocenters. The number of aromatic nitrogens is 1. The Balaban J connectivity index is 0.000000383.